The summed E-state index contributed by atoms with van der Waals surface area (Å²) in [6, 6.07) is 5.23. The smallest absolute Gasteiger partial charge is 0.287 e. The molecule has 2 aromatic rings. The van der Waals surface area contributed by atoms with Crippen molar-refractivity contribution in [3.8, 4) is 17.2 Å². The second-order valence-electron chi connectivity index (χ2n) is 4.63. The number of carbonyl (C=O) groups excluding carboxylic acids is 1. The summed E-state index contributed by atoms with van der Waals surface area (Å²) in [6.45, 7) is 2.10. The lowest BCUT2D eigenvalue weighted by molar-refractivity contribution is 0.0922. The number of amides is 1. The fraction of sp³-hybridized carbons (Fsp3) is 0.312. The first-order chi connectivity index (χ1) is 10.6. The van der Waals surface area contributed by atoms with E-state index in [-0.39, 0.29) is 12.5 Å². The van der Waals surface area contributed by atoms with E-state index in [2.05, 4.69) is 5.32 Å². The molecule has 1 heterocycles. The third kappa shape index (κ3) is 3.16. The predicted octanol–water partition coefficient (Wildman–Crippen LogP) is 2.54. The summed E-state index contributed by atoms with van der Waals surface area (Å²) in [6.07, 6.45) is 1.49. The fourth-order valence-electron chi connectivity index (χ4n) is 2.09. The second-order valence-corrected chi connectivity index (χ2v) is 4.63. The Bertz CT molecular complexity index is 663. The van der Waals surface area contributed by atoms with E-state index < -0.39 is 0 Å². The maximum Gasteiger partial charge on any atom is 0.287 e. The van der Waals surface area contributed by atoms with Crippen molar-refractivity contribution < 1.29 is 23.4 Å². The van der Waals surface area contributed by atoms with Crippen LogP contribution < -0.4 is 19.5 Å². The molecule has 0 saturated carbocycles. The van der Waals surface area contributed by atoms with Crippen LogP contribution in [0.5, 0.6) is 17.2 Å². The SMILES string of the molecule is COc1cc(OC)c(OC)cc1CNC(=O)c1occc1C. The van der Waals surface area contributed by atoms with Gasteiger partial charge in [0.15, 0.2) is 17.3 Å². The summed E-state index contributed by atoms with van der Waals surface area (Å²) in [5.74, 6) is 1.77. The van der Waals surface area contributed by atoms with Gasteiger partial charge in [-0.2, -0.15) is 0 Å². The molecule has 22 heavy (non-hydrogen) atoms. The molecular weight excluding hydrogens is 286 g/mol. The topological polar surface area (TPSA) is 69.9 Å². The van der Waals surface area contributed by atoms with Crippen molar-refractivity contribution in [2.75, 3.05) is 21.3 Å². The number of carbonyl (C=O) groups is 1. The van der Waals surface area contributed by atoms with E-state index in [1.165, 1.54) is 6.26 Å². The molecule has 0 radical (unpaired) electrons. The van der Waals surface area contributed by atoms with Crippen molar-refractivity contribution in [1.29, 1.82) is 0 Å². The van der Waals surface area contributed by atoms with Crippen LogP contribution in [0.1, 0.15) is 21.7 Å². The van der Waals surface area contributed by atoms with Crippen molar-refractivity contribution in [1.82, 2.24) is 5.32 Å². The molecule has 1 N–H and O–H groups in total. The molecule has 6 heteroatoms. The molecule has 0 unspecified atom stereocenters. The Kier molecular flexibility index (Phi) is 4.93. The Balaban J connectivity index is 2.18. The molecule has 0 aliphatic heterocycles. The number of furan rings is 1. The van der Waals surface area contributed by atoms with E-state index in [0.29, 0.717) is 23.0 Å². The minimum atomic E-state index is -0.278. The maximum absolute atomic E-state index is 12.1. The van der Waals surface area contributed by atoms with E-state index in [9.17, 15) is 4.79 Å². The molecule has 2 rings (SSSR count). The molecule has 1 amide bonds. The van der Waals surface area contributed by atoms with Gasteiger partial charge in [0.05, 0.1) is 27.6 Å². The average molecular weight is 305 g/mol. The monoisotopic (exact) mass is 305 g/mol. The number of methoxy groups -OCH3 is 3. The molecule has 1 aromatic heterocycles. The summed E-state index contributed by atoms with van der Waals surface area (Å²) in [7, 11) is 4.67. The molecule has 0 aliphatic carbocycles. The maximum atomic E-state index is 12.1. The van der Waals surface area contributed by atoms with Gasteiger partial charge in [-0.15, -0.1) is 0 Å². The Hall–Kier alpha value is -2.63. The summed E-state index contributed by atoms with van der Waals surface area (Å²) < 4.78 is 21.0. The van der Waals surface area contributed by atoms with Gasteiger partial charge in [0, 0.05) is 23.7 Å². The van der Waals surface area contributed by atoms with Gasteiger partial charge in [0.1, 0.15) is 5.75 Å². The summed E-state index contributed by atoms with van der Waals surface area (Å²) >= 11 is 0. The van der Waals surface area contributed by atoms with Crippen LogP contribution in [0.15, 0.2) is 28.9 Å². The Morgan fingerprint density at radius 3 is 2.27 bits per heavy atom. The summed E-state index contributed by atoms with van der Waals surface area (Å²) in [5, 5.41) is 2.80. The zero-order valence-electron chi connectivity index (χ0n) is 13.1. The number of hydrogen-bond acceptors (Lipinski definition) is 5. The first-order valence-electron chi connectivity index (χ1n) is 6.71. The molecule has 0 spiro atoms. The van der Waals surface area contributed by atoms with Crippen LogP contribution in [0.4, 0.5) is 0 Å². The average Bonchev–Trinajstić information content (AvgIpc) is 2.97. The lowest BCUT2D eigenvalue weighted by Crippen LogP contribution is -2.23. The van der Waals surface area contributed by atoms with Crippen LogP contribution in [0.3, 0.4) is 0 Å². The van der Waals surface area contributed by atoms with E-state index in [1.54, 1.807) is 39.5 Å². The summed E-state index contributed by atoms with van der Waals surface area (Å²) in [5.41, 5.74) is 1.56. The zero-order chi connectivity index (χ0) is 16.1. The number of benzene rings is 1. The Labute approximate surface area is 129 Å². The third-order valence-electron chi connectivity index (χ3n) is 3.29. The lowest BCUT2D eigenvalue weighted by atomic mass is 10.1. The lowest BCUT2D eigenvalue weighted by Gasteiger charge is -2.14. The van der Waals surface area contributed by atoms with Gasteiger partial charge in [-0.3, -0.25) is 4.79 Å². The van der Waals surface area contributed by atoms with Gasteiger partial charge >= 0.3 is 0 Å². The van der Waals surface area contributed by atoms with Gasteiger partial charge in [-0.1, -0.05) is 0 Å². The Morgan fingerprint density at radius 1 is 1.09 bits per heavy atom. The third-order valence-corrected chi connectivity index (χ3v) is 3.29. The molecule has 6 nitrogen and oxygen atoms in total. The minimum absolute atomic E-state index is 0.278. The van der Waals surface area contributed by atoms with Gasteiger partial charge in [-0.25, -0.2) is 0 Å². The van der Waals surface area contributed by atoms with Crippen molar-refractivity contribution >= 4 is 5.91 Å². The number of nitrogens with one attached hydrogen (secondary N) is 1. The van der Waals surface area contributed by atoms with Gasteiger partial charge in [0.25, 0.3) is 5.91 Å². The highest BCUT2D eigenvalue weighted by Gasteiger charge is 2.15. The zero-order valence-corrected chi connectivity index (χ0v) is 13.1. The minimum Gasteiger partial charge on any atom is -0.496 e. The van der Waals surface area contributed by atoms with Crippen molar-refractivity contribution in [3.05, 3.63) is 41.3 Å². The van der Waals surface area contributed by atoms with Crippen molar-refractivity contribution in [2.45, 2.75) is 13.5 Å². The highest BCUT2D eigenvalue weighted by molar-refractivity contribution is 5.92. The van der Waals surface area contributed by atoms with E-state index in [4.69, 9.17) is 18.6 Å². The van der Waals surface area contributed by atoms with Crippen LogP contribution in [-0.4, -0.2) is 27.2 Å². The van der Waals surface area contributed by atoms with Crippen LogP contribution >= 0.6 is 0 Å². The largest absolute Gasteiger partial charge is 0.496 e. The second kappa shape index (κ2) is 6.89. The van der Waals surface area contributed by atoms with Gasteiger partial charge in [-0.05, 0) is 19.1 Å². The van der Waals surface area contributed by atoms with Crippen LogP contribution in [-0.2, 0) is 6.54 Å². The van der Waals surface area contributed by atoms with E-state index in [0.717, 1.165) is 11.1 Å². The standard InChI is InChI=1S/C16H19NO5/c1-10-5-6-22-15(10)16(18)17-9-11-7-13(20-3)14(21-4)8-12(11)19-2/h5-8H,9H2,1-4H3,(H,17,18). The number of aryl methyl sites for hydroxylation is 1. The van der Waals surface area contributed by atoms with E-state index in [1.807, 2.05) is 6.92 Å². The van der Waals surface area contributed by atoms with Crippen LogP contribution in [0.25, 0.3) is 0 Å². The summed E-state index contributed by atoms with van der Waals surface area (Å²) in [4.78, 5) is 12.1. The highest BCUT2D eigenvalue weighted by atomic mass is 16.5. The molecule has 0 bridgehead atoms. The molecule has 0 saturated heterocycles. The van der Waals surface area contributed by atoms with Gasteiger partial charge < -0.3 is 23.9 Å². The first-order valence-corrected chi connectivity index (χ1v) is 6.71. The number of ether oxygens (including phenoxy) is 3. The normalized spacial score (nSPS) is 10.2. The molecular formula is C16H19NO5. The number of hydrogen-bond donors (Lipinski definition) is 1. The first kappa shape index (κ1) is 15.8. The molecule has 0 fully saturated rings. The fourth-order valence-corrected chi connectivity index (χ4v) is 2.09. The van der Waals surface area contributed by atoms with Crippen LogP contribution in [0, 0.1) is 6.92 Å². The Morgan fingerprint density at radius 2 is 1.73 bits per heavy atom. The molecule has 0 aliphatic rings. The molecule has 118 valence electrons. The van der Waals surface area contributed by atoms with Crippen molar-refractivity contribution in [2.24, 2.45) is 0 Å². The van der Waals surface area contributed by atoms with Crippen molar-refractivity contribution in [3.63, 3.8) is 0 Å². The predicted molar refractivity (Wildman–Crippen MR) is 80.7 cm³/mol. The molecule has 0 atom stereocenters. The van der Waals surface area contributed by atoms with Crippen LogP contribution in [0.2, 0.25) is 0 Å². The van der Waals surface area contributed by atoms with E-state index >= 15 is 0 Å². The quantitative estimate of drug-likeness (QED) is 0.888. The van der Waals surface area contributed by atoms with Gasteiger partial charge in [0.2, 0.25) is 0 Å². The number of rotatable bonds is 6. The highest BCUT2D eigenvalue weighted by Crippen LogP contribution is 2.34. The molecule has 1 aromatic carbocycles.